The second-order valence-corrected chi connectivity index (χ2v) is 5.69. The van der Waals surface area contributed by atoms with Crippen LogP contribution in [0.25, 0.3) is 10.9 Å². The van der Waals surface area contributed by atoms with Crippen molar-refractivity contribution in [3.05, 3.63) is 35.0 Å². The van der Waals surface area contributed by atoms with Gasteiger partial charge in [-0.25, -0.2) is 0 Å². The van der Waals surface area contributed by atoms with Crippen molar-refractivity contribution in [2.45, 2.75) is 40.2 Å². The molecule has 1 aromatic carbocycles. The Hall–Kier alpha value is -1.28. The number of aryl methyl sites for hydroxylation is 3. The minimum absolute atomic E-state index is 1.06. The molecule has 0 aliphatic rings. The van der Waals surface area contributed by atoms with E-state index in [2.05, 4.69) is 62.5 Å². The maximum absolute atomic E-state index is 2.47. The maximum atomic E-state index is 2.47. The summed E-state index contributed by atoms with van der Waals surface area (Å²) in [5.74, 6) is 0. The van der Waals surface area contributed by atoms with Gasteiger partial charge >= 0.3 is 0 Å². The molecule has 0 saturated carbocycles. The zero-order valence-corrected chi connectivity index (χ0v) is 13.0. The molecule has 2 aromatic rings. The van der Waals surface area contributed by atoms with E-state index >= 15 is 0 Å². The molecule has 1 heterocycles. The van der Waals surface area contributed by atoms with Gasteiger partial charge in [-0.1, -0.05) is 18.2 Å². The van der Waals surface area contributed by atoms with Crippen LogP contribution in [0.4, 0.5) is 0 Å². The van der Waals surface area contributed by atoms with Gasteiger partial charge in [-0.15, -0.1) is 0 Å². The van der Waals surface area contributed by atoms with Crippen molar-refractivity contribution in [3.63, 3.8) is 0 Å². The van der Waals surface area contributed by atoms with Crippen molar-refractivity contribution < 1.29 is 0 Å². The van der Waals surface area contributed by atoms with Crippen LogP contribution < -0.4 is 0 Å². The van der Waals surface area contributed by atoms with E-state index in [0.29, 0.717) is 0 Å². The van der Waals surface area contributed by atoms with Crippen LogP contribution in [-0.2, 0) is 13.0 Å². The van der Waals surface area contributed by atoms with Crippen LogP contribution in [0.15, 0.2) is 18.2 Å². The van der Waals surface area contributed by atoms with E-state index in [4.69, 9.17) is 0 Å². The number of nitrogens with zero attached hydrogens (tertiary/aromatic N) is 2. The van der Waals surface area contributed by atoms with Gasteiger partial charge in [0.2, 0.25) is 0 Å². The van der Waals surface area contributed by atoms with Gasteiger partial charge in [0.05, 0.1) is 5.52 Å². The van der Waals surface area contributed by atoms with E-state index in [1.165, 1.54) is 35.0 Å². The summed E-state index contributed by atoms with van der Waals surface area (Å²) in [6.45, 7) is 8.94. The molecule has 0 radical (unpaired) electrons. The van der Waals surface area contributed by atoms with Crippen LogP contribution in [0.2, 0.25) is 0 Å². The molecular formula is C17H26N2. The largest absolute Gasteiger partial charge is 0.345 e. The van der Waals surface area contributed by atoms with E-state index in [-0.39, 0.29) is 0 Å². The van der Waals surface area contributed by atoms with Crippen molar-refractivity contribution >= 4 is 10.9 Å². The molecule has 2 heteroatoms. The number of benzene rings is 1. The highest BCUT2D eigenvalue weighted by Gasteiger charge is 2.14. The molecule has 0 saturated heterocycles. The summed E-state index contributed by atoms with van der Waals surface area (Å²) in [7, 11) is 4.29. The van der Waals surface area contributed by atoms with Crippen molar-refractivity contribution in [3.8, 4) is 0 Å². The van der Waals surface area contributed by atoms with Crippen molar-refractivity contribution in [2.24, 2.45) is 0 Å². The molecule has 1 aromatic heterocycles. The fourth-order valence-electron chi connectivity index (χ4n) is 3.07. The number of fused-ring (bicyclic) bond motifs is 1. The third kappa shape index (κ3) is 2.69. The van der Waals surface area contributed by atoms with Gasteiger partial charge in [-0.2, -0.15) is 0 Å². The van der Waals surface area contributed by atoms with Crippen molar-refractivity contribution in [1.29, 1.82) is 0 Å². The monoisotopic (exact) mass is 258 g/mol. The molecule has 2 nitrogen and oxygen atoms in total. The molecule has 0 N–H and O–H groups in total. The van der Waals surface area contributed by atoms with E-state index in [9.17, 15) is 0 Å². The highest BCUT2D eigenvalue weighted by Crippen LogP contribution is 2.29. The molecule has 0 aliphatic carbocycles. The number of hydrogen-bond acceptors (Lipinski definition) is 1. The lowest BCUT2D eigenvalue weighted by molar-refractivity contribution is 0.400. The predicted octanol–water partition coefficient (Wildman–Crippen LogP) is 3.77. The van der Waals surface area contributed by atoms with Gasteiger partial charge in [-0.05, 0) is 65.4 Å². The molecule has 0 spiro atoms. The molecular weight excluding hydrogens is 232 g/mol. The van der Waals surface area contributed by atoms with Crippen molar-refractivity contribution in [2.75, 3.05) is 20.6 Å². The number of hydrogen-bond donors (Lipinski definition) is 0. The lowest BCUT2D eigenvalue weighted by atomic mass is 10.0. The minimum Gasteiger partial charge on any atom is -0.345 e. The average Bonchev–Trinajstić information content (AvgIpc) is 2.63. The number of para-hydroxylation sites is 1. The second-order valence-electron chi connectivity index (χ2n) is 5.69. The minimum atomic E-state index is 1.06. The van der Waals surface area contributed by atoms with Crippen LogP contribution in [0.1, 0.15) is 30.2 Å². The first-order valence-corrected chi connectivity index (χ1v) is 7.28. The molecule has 2 rings (SSSR count). The summed E-state index contributed by atoms with van der Waals surface area (Å²) in [6.07, 6.45) is 2.40. The first-order valence-electron chi connectivity index (χ1n) is 7.28. The van der Waals surface area contributed by atoms with Crippen LogP contribution in [0.5, 0.6) is 0 Å². The summed E-state index contributed by atoms with van der Waals surface area (Å²) in [5.41, 5.74) is 5.82. The first kappa shape index (κ1) is 14.1. The van der Waals surface area contributed by atoms with E-state index in [1.807, 2.05) is 0 Å². The first-order chi connectivity index (χ1) is 9.06. The fourth-order valence-corrected chi connectivity index (χ4v) is 3.07. The Morgan fingerprint density at radius 2 is 1.89 bits per heavy atom. The normalized spacial score (nSPS) is 11.7. The van der Waals surface area contributed by atoms with Crippen LogP contribution in [0, 0.1) is 13.8 Å². The highest BCUT2D eigenvalue weighted by atomic mass is 15.0. The van der Waals surface area contributed by atoms with Gasteiger partial charge < -0.3 is 9.47 Å². The van der Waals surface area contributed by atoms with Crippen LogP contribution >= 0.6 is 0 Å². The second kappa shape index (κ2) is 5.79. The van der Waals surface area contributed by atoms with E-state index in [0.717, 1.165) is 13.1 Å². The van der Waals surface area contributed by atoms with E-state index < -0.39 is 0 Å². The molecule has 0 aliphatic heterocycles. The molecule has 19 heavy (non-hydrogen) atoms. The van der Waals surface area contributed by atoms with Gasteiger partial charge in [0, 0.05) is 17.6 Å². The summed E-state index contributed by atoms with van der Waals surface area (Å²) in [6, 6.07) is 6.69. The lowest BCUT2D eigenvalue weighted by Crippen LogP contribution is -2.13. The predicted molar refractivity (Wildman–Crippen MR) is 84.0 cm³/mol. The Morgan fingerprint density at radius 1 is 1.16 bits per heavy atom. The molecule has 0 unspecified atom stereocenters. The molecule has 0 fully saturated rings. The summed E-state index contributed by atoms with van der Waals surface area (Å²) < 4.78 is 2.47. The molecule has 0 amide bonds. The molecule has 104 valence electrons. The fraction of sp³-hybridized carbons (Fsp3) is 0.529. The smallest absolute Gasteiger partial charge is 0.0514 e. The summed E-state index contributed by atoms with van der Waals surface area (Å²) in [4.78, 5) is 2.26. The van der Waals surface area contributed by atoms with Gasteiger partial charge in [0.1, 0.15) is 0 Å². The van der Waals surface area contributed by atoms with E-state index in [1.54, 1.807) is 5.56 Å². The Kier molecular flexibility index (Phi) is 4.31. The van der Waals surface area contributed by atoms with Gasteiger partial charge in [0.15, 0.2) is 0 Å². The average molecular weight is 258 g/mol. The Morgan fingerprint density at radius 3 is 2.53 bits per heavy atom. The van der Waals surface area contributed by atoms with Crippen LogP contribution in [-0.4, -0.2) is 30.1 Å². The lowest BCUT2D eigenvalue weighted by Gasteiger charge is -2.09. The summed E-state index contributed by atoms with van der Waals surface area (Å²) in [5, 5.41) is 1.46. The Labute approximate surface area is 117 Å². The van der Waals surface area contributed by atoms with Gasteiger partial charge in [-0.3, -0.25) is 0 Å². The number of aromatic nitrogens is 1. The zero-order chi connectivity index (χ0) is 14.0. The number of rotatable bonds is 5. The highest BCUT2D eigenvalue weighted by molar-refractivity contribution is 5.88. The molecule has 0 atom stereocenters. The van der Waals surface area contributed by atoms with Crippen LogP contribution in [0.3, 0.4) is 0 Å². The van der Waals surface area contributed by atoms with Crippen molar-refractivity contribution in [1.82, 2.24) is 9.47 Å². The summed E-state index contributed by atoms with van der Waals surface area (Å²) >= 11 is 0. The quantitative estimate of drug-likeness (QED) is 0.792. The van der Waals surface area contributed by atoms with Gasteiger partial charge in [0.25, 0.3) is 0 Å². The molecule has 0 bridgehead atoms. The SMILES string of the molecule is CCn1c(C)c(CCCN(C)C)c2cccc(C)c21. The third-order valence-electron chi connectivity index (χ3n) is 4.02. The Bertz CT molecular complexity index is 564. The maximum Gasteiger partial charge on any atom is 0.0514 e. The Balaban J connectivity index is 2.43. The topological polar surface area (TPSA) is 8.17 Å². The zero-order valence-electron chi connectivity index (χ0n) is 13.0. The standard InChI is InChI=1S/C17H26N2/c1-6-19-14(3)15(11-8-12-18(4)5)16-10-7-9-13(2)17(16)19/h7,9-10H,6,8,11-12H2,1-5H3. The third-order valence-corrected chi connectivity index (χ3v) is 4.02.